The number of benzene rings is 1. The van der Waals surface area contributed by atoms with Crippen molar-refractivity contribution >= 4 is 39.5 Å². The van der Waals surface area contributed by atoms with Gasteiger partial charge < -0.3 is 19.8 Å². The highest BCUT2D eigenvalue weighted by Gasteiger charge is 2.31. The summed E-state index contributed by atoms with van der Waals surface area (Å²) in [6.07, 6.45) is 2.01. The van der Waals surface area contributed by atoms with Crippen LogP contribution in [0.5, 0.6) is 0 Å². The van der Waals surface area contributed by atoms with E-state index < -0.39 is 11.9 Å². The minimum atomic E-state index is -0.445. The fourth-order valence-corrected chi connectivity index (χ4v) is 6.28. The van der Waals surface area contributed by atoms with Gasteiger partial charge in [-0.15, -0.1) is 0 Å². The Bertz CT molecular complexity index is 1670. The van der Waals surface area contributed by atoms with Gasteiger partial charge in [0.15, 0.2) is 16.6 Å². The zero-order chi connectivity index (χ0) is 29.5. The van der Waals surface area contributed by atoms with E-state index in [0.717, 1.165) is 0 Å². The zero-order valence-corrected chi connectivity index (χ0v) is 24.1. The maximum atomic E-state index is 15.5. The first-order chi connectivity index (χ1) is 20.2. The van der Waals surface area contributed by atoms with Crippen LogP contribution in [0.4, 0.5) is 25.4 Å². The number of carbonyl (C=O) groups excluding carboxylic acids is 1. The van der Waals surface area contributed by atoms with E-state index in [9.17, 15) is 19.6 Å². The van der Waals surface area contributed by atoms with Crippen molar-refractivity contribution in [1.29, 1.82) is 5.26 Å². The van der Waals surface area contributed by atoms with Crippen molar-refractivity contribution in [1.82, 2.24) is 24.2 Å². The quantitative estimate of drug-likeness (QED) is 0.349. The first kappa shape index (κ1) is 28.0. The zero-order valence-electron chi connectivity index (χ0n) is 23.3. The van der Waals surface area contributed by atoms with Gasteiger partial charge >= 0.3 is 0 Å². The van der Waals surface area contributed by atoms with Crippen LogP contribution in [0.2, 0.25) is 0 Å². The maximum absolute atomic E-state index is 15.5. The molecular formula is C29H30F2N8O2S. The van der Waals surface area contributed by atoms with Crippen molar-refractivity contribution in [3.05, 3.63) is 58.7 Å². The highest BCUT2D eigenvalue weighted by Crippen LogP contribution is 2.37. The molecule has 2 saturated heterocycles. The van der Waals surface area contributed by atoms with Crippen LogP contribution in [0.1, 0.15) is 17.5 Å². The van der Waals surface area contributed by atoms with Crippen LogP contribution in [0, 0.1) is 23.0 Å². The third kappa shape index (κ3) is 5.17. The molecule has 218 valence electrons. The summed E-state index contributed by atoms with van der Waals surface area (Å²) in [6.45, 7) is 5.61. The number of aliphatic hydroxyl groups is 1. The molecule has 0 saturated carbocycles. The van der Waals surface area contributed by atoms with Gasteiger partial charge in [-0.3, -0.25) is 14.1 Å². The van der Waals surface area contributed by atoms with Crippen molar-refractivity contribution in [3.63, 3.8) is 0 Å². The number of β-amino-alcohol motifs (C(OH)–C–C–N with tert-alkyl or cyclic N) is 1. The van der Waals surface area contributed by atoms with Crippen LogP contribution in [0.25, 0.3) is 16.9 Å². The number of hydrogen-bond donors (Lipinski definition) is 1. The summed E-state index contributed by atoms with van der Waals surface area (Å²) in [4.78, 5) is 29.8. The number of piperazine rings is 1. The maximum Gasteiger partial charge on any atom is 0.236 e. The lowest BCUT2D eigenvalue weighted by Crippen LogP contribution is -2.57. The highest BCUT2D eigenvalue weighted by atomic mass is 32.1. The van der Waals surface area contributed by atoms with Crippen LogP contribution in [-0.4, -0.2) is 94.1 Å². The third-order valence-electron chi connectivity index (χ3n) is 7.79. The number of halogens is 2. The number of thiazole rings is 1. The standard InChI is InChI=1S/C29H30F2N8O2S/c1-3-23-28(35(2)29-34-26(24(13-32)42-29)18-4-6-19(30)7-5-18)39-14-20(12-22(31)27(39)33-23)37-10-8-36(9-11-37)17-25(41)38-15-21(40)16-38/h4-7,12,14,21,40H,3,8-11,15-17H2,1-2H3. The number of nitrogens with zero attached hydrogens (tertiary/aromatic N) is 8. The predicted molar refractivity (Wildman–Crippen MR) is 156 cm³/mol. The first-order valence-corrected chi connectivity index (χ1v) is 14.6. The molecule has 0 spiro atoms. The Morgan fingerprint density at radius 1 is 1.17 bits per heavy atom. The lowest BCUT2D eigenvalue weighted by molar-refractivity contribution is -0.142. The molecule has 2 aliphatic rings. The molecule has 10 nitrogen and oxygen atoms in total. The monoisotopic (exact) mass is 592 g/mol. The van der Waals surface area contributed by atoms with Crippen LogP contribution in [-0.2, 0) is 11.2 Å². The van der Waals surface area contributed by atoms with E-state index in [1.165, 1.54) is 29.5 Å². The molecule has 0 unspecified atom stereocenters. The second-order valence-electron chi connectivity index (χ2n) is 10.5. The summed E-state index contributed by atoms with van der Waals surface area (Å²) in [6, 6.07) is 9.54. The highest BCUT2D eigenvalue weighted by molar-refractivity contribution is 7.16. The second kappa shape index (κ2) is 11.3. The van der Waals surface area contributed by atoms with Gasteiger partial charge in [-0.25, -0.2) is 18.7 Å². The smallest absolute Gasteiger partial charge is 0.236 e. The van der Waals surface area contributed by atoms with Gasteiger partial charge in [-0.1, -0.05) is 18.3 Å². The van der Waals surface area contributed by atoms with E-state index in [1.807, 2.05) is 25.1 Å². The van der Waals surface area contributed by atoms with Gasteiger partial charge in [-0.2, -0.15) is 5.26 Å². The molecule has 2 aliphatic heterocycles. The summed E-state index contributed by atoms with van der Waals surface area (Å²) < 4.78 is 30.7. The predicted octanol–water partition coefficient (Wildman–Crippen LogP) is 3.26. The topological polar surface area (TPSA) is 104 Å². The molecule has 0 bridgehead atoms. The Labute approximate surface area is 245 Å². The molecule has 2 fully saturated rings. The molecule has 1 N–H and O–H groups in total. The summed E-state index contributed by atoms with van der Waals surface area (Å²) in [5.74, 6) is -0.148. The number of fused-ring (bicyclic) bond motifs is 1. The summed E-state index contributed by atoms with van der Waals surface area (Å²) in [5, 5.41) is 19.8. The van der Waals surface area contributed by atoms with Gasteiger partial charge in [-0.05, 0) is 30.7 Å². The lowest BCUT2D eigenvalue weighted by Gasteiger charge is -2.39. The van der Waals surface area contributed by atoms with Crippen LogP contribution < -0.4 is 9.80 Å². The van der Waals surface area contributed by atoms with E-state index in [1.54, 1.807) is 21.4 Å². The van der Waals surface area contributed by atoms with E-state index in [-0.39, 0.29) is 17.4 Å². The fourth-order valence-electron chi connectivity index (χ4n) is 5.43. The molecular weight excluding hydrogens is 562 g/mol. The number of imidazole rings is 1. The van der Waals surface area contributed by atoms with E-state index in [0.29, 0.717) is 90.7 Å². The van der Waals surface area contributed by atoms with Crippen molar-refractivity contribution in [2.45, 2.75) is 19.4 Å². The van der Waals surface area contributed by atoms with Crippen molar-refractivity contribution in [3.8, 4) is 17.3 Å². The van der Waals surface area contributed by atoms with E-state index in [4.69, 9.17) is 4.98 Å². The summed E-state index contributed by atoms with van der Waals surface area (Å²) in [7, 11) is 1.81. The number of nitriles is 1. The van der Waals surface area contributed by atoms with Gasteiger partial charge in [0.1, 0.15) is 28.3 Å². The fraction of sp³-hybridized carbons (Fsp3) is 0.379. The Balaban J connectivity index is 1.27. The Hall–Kier alpha value is -4.12. The van der Waals surface area contributed by atoms with E-state index >= 15 is 4.39 Å². The van der Waals surface area contributed by atoms with Crippen molar-refractivity contribution < 1.29 is 18.7 Å². The minimum Gasteiger partial charge on any atom is -0.389 e. The molecule has 1 amide bonds. The van der Waals surface area contributed by atoms with Crippen LogP contribution >= 0.6 is 11.3 Å². The third-order valence-corrected chi connectivity index (χ3v) is 8.83. The van der Waals surface area contributed by atoms with Crippen LogP contribution in [0.3, 0.4) is 0 Å². The molecule has 1 aromatic carbocycles. The van der Waals surface area contributed by atoms with Gasteiger partial charge in [0.25, 0.3) is 0 Å². The second-order valence-corrected chi connectivity index (χ2v) is 11.5. The average Bonchev–Trinajstić information content (AvgIpc) is 3.58. The van der Waals surface area contributed by atoms with Gasteiger partial charge in [0.05, 0.1) is 24.0 Å². The largest absolute Gasteiger partial charge is 0.389 e. The molecule has 0 atom stereocenters. The molecule has 42 heavy (non-hydrogen) atoms. The Morgan fingerprint density at radius 2 is 1.88 bits per heavy atom. The number of aromatic nitrogens is 3. The number of aliphatic hydroxyl groups excluding tert-OH is 1. The molecule has 0 radical (unpaired) electrons. The molecule has 4 aromatic rings. The Kier molecular flexibility index (Phi) is 7.53. The number of carbonyl (C=O) groups is 1. The number of hydrogen-bond acceptors (Lipinski definition) is 9. The van der Waals surface area contributed by atoms with Crippen molar-refractivity contribution in [2.24, 2.45) is 0 Å². The normalized spacial score (nSPS) is 16.1. The molecule has 0 aliphatic carbocycles. The minimum absolute atomic E-state index is 0.0173. The lowest BCUT2D eigenvalue weighted by atomic mass is 10.1. The number of anilines is 3. The number of amides is 1. The number of likely N-dealkylation sites (tertiary alicyclic amines) is 1. The molecule has 5 heterocycles. The van der Waals surface area contributed by atoms with Crippen LogP contribution in [0.15, 0.2) is 36.5 Å². The molecule has 3 aromatic heterocycles. The van der Waals surface area contributed by atoms with E-state index in [2.05, 4.69) is 20.9 Å². The van der Waals surface area contributed by atoms with Gasteiger partial charge in [0, 0.05) is 64.1 Å². The number of rotatable bonds is 7. The molecule has 13 heteroatoms. The first-order valence-electron chi connectivity index (χ1n) is 13.8. The van der Waals surface area contributed by atoms with Crippen molar-refractivity contribution in [2.75, 3.05) is 62.7 Å². The average molecular weight is 593 g/mol. The summed E-state index contributed by atoms with van der Waals surface area (Å²) >= 11 is 1.21. The summed E-state index contributed by atoms with van der Waals surface area (Å²) in [5.41, 5.74) is 2.69. The molecule has 6 rings (SSSR count). The SMILES string of the molecule is CCc1nc2c(F)cc(N3CCN(CC(=O)N4CC(O)C4)CC3)cn2c1N(C)c1nc(-c2ccc(F)cc2)c(C#N)s1. The number of aryl methyl sites for hydroxylation is 1. The number of pyridine rings is 1. The van der Waals surface area contributed by atoms with Gasteiger partial charge in [0.2, 0.25) is 5.91 Å². The Morgan fingerprint density at radius 3 is 2.52 bits per heavy atom.